The molecule has 0 N–H and O–H groups in total. The Morgan fingerprint density at radius 2 is 1.67 bits per heavy atom. The van der Waals surface area contributed by atoms with Gasteiger partial charge in [0.25, 0.3) is 0 Å². The lowest BCUT2D eigenvalue weighted by molar-refractivity contribution is -0.115. The van der Waals surface area contributed by atoms with E-state index in [4.69, 9.17) is 14.2 Å². The highest BCUT2D eigenvalue weighted by atomic mass is 16.7. The van der Waals surface area contributed by atoms with E-state index in [2.05, 4.69) is 32.9 Å². The Morgan fingerprint density at radius 3 is 2.17 bits per heavy atom. The average molecular weight is 252 g/mol. The number of hydrogen-bond donors (Lipinski definition) is 0. The molecule has 3 nitrogen and oxygen atoms in total. The summed E-state index contributed by atoms with van der Waals surface area (Å²) in [7, 11) is 1.62. The van der Waals surface area contributed by atoms with Crippen LogP contribution in [0.3, 0.4) is 0 Å². The maximum absolute atomic E-state index is 5.59. The summed E-state index contributed by atoms with van der Waals surface area (Å²) in [6.45, 7) is 9.51. The second-order valence-corrected chi connectivity index (χ2v) is 5.30. The van der Waals surface area contributed by atoms with Crippen molar-refractivity contribution in [3.63, 3.8) is 0 Å². The van der Waals surface area contributed by atoms with Crippen LogP contribution >= 0.6 is 0 Å². The summed E-state index contributed by atoms with van der Waals surface area (Å²) >= 11 is 0. The van der Waals surface area contributed by atoms with E-state index in [-0.39, 0.29) is 11.7 Å². The largest absolute Gasteiger partial charge is 0.491 e. The van der Waals surface area contributed by atoms with Crippen LogP contribution in [0.15, 0.2) is 24.3 Å². The van der Waals surface area contributed by atoms with Crippen molar-refractivity contribution in [3.05, 3.63) is 29.8 Å². The van der Waals surface area contributed by atoms with Crippen LogP contribution in [-0.2, 0) is 14.9 Å². The minimum atomic E-state index is -0.183. The third kappa shape index (κ3) is 5.07. The van der Waals surface area contributed by atoms with Gasteiger partial charge in [-0.1, -0.05) is 32.9 Å². The van der Waals surface area contributed by atoms with Crippen LogP contribution in [0.25, 0.3) is 0 Å². The molecule has 1 aromatic rings. The van der Waals surface area contributed by atoms with Crippen molar-refractivity contribution in [2.45, 2.75) is 39.4 Å². The van der Waals surface area contributed by atoms with Crippen molar-refractivity contribution in [2.24, 2.45) is 0 Å². The third-order valence-corrected chi connectivity index (χ3v) is 2.76. The molecule has 1 unspecified atom stereocenters. The first kappa shape index (κ1) is 15.0. The summed E-state index contributed by atoms with van der Waals surface area (Å²) in [6, 6.07) is 8.21. The minimum Gasteiger partial charge on any atom is -0.491 e. The van der Waals surface area contributed by atoms with Crippen LogP contribution in [0, 0.1) is 0 Å². The van der Waals surface area contributed by atoms with E-state index < -0.39 is 0 Å². The number of methoxy groups -OCH3 is 1. The molecule has 0 spiro atoms. The molecule has 3 heteroatoms. The van der Waals surface area contributed by atoms with Crippen LogP contribution < -0.4 is 4.74 Å². The lowest BCUT2D eigenvalue weighted by atomic mass is 9.87. The molecule has 18 heavy (non-hydrogen) atoms. The second kappa shape index (κ2) is 6.76. The topological polar surface area (TPSA) is 27.7 Å². The van der Waals surface area contributed by atoms with E-state index in [1.807, 2.05) is 19.1 Å². The Morgan fingerprint density at radius 1 is 1.06 bits per heavy atom. The van der Waals surface area contributed by atoms with Crippen LogP contribution in [0.2, 0.25) is 0 Å². The summed E-state index contributed by atoms with van der Waals surface area (Å²) in [6.07, 6.45) is -0.183. The molecule has 0 saturated carbocycles. The van der Waals surface area contributed by atoms with Gasteiger partial charge in [0, 0.05) is 7.11 Å². The fourth-order valence-corrected chi connectivity index (χ4v) is 1.49. The minimum absolute atomic E-state index is 0.176. The van der Waals surface area contributed by atoms with Gasteiger partial charge in [-0.25, -0.2) is 0 Å². The lowest BCUT2D eigenvalue weighted by Crippen LogP contribution is -2.15. The van der Waals surface area contributed by atoms with Gasteiger partial charge in [-0.2, -0.15) is 0 Å². The smallest absolute Gasteiger partial charge is 0.154 e. The van der Waals surface area contributed by atoms with E-state index >= 15 is 0 Å². The highest BCUT2D eigenvalue weighted by Crippen LogP contribution is 2.24. The molecule has 0 saturated heterocycles. The molecule has 0 bridgehead atoms. The molecule has 0 aliphatic heterocycles. The monoisotopic (exact) mass is 252 g/mol. The van der Waals surface area contributed by atoms with E-state index in [1.165, 1.54) is 5.56 Å². The summed E-state index contributed by atoms with van der Waals surface area (Å²) < 4.78 is 15.9. The molecule has 1 atom stereocenters. The summed E-state index contributed by atoms with van der Waals surface area (Å²) in [5.41, 5.74) is 1.48. The van der Waals surface area contributed by atoms with E-state index in [9.17, 15) is 0 Å². The molecule has 102 valence electrons. The SMILES string of the molecule is COC(C)OCCOc1ccc(C(C)(C)C)cc1. The summed E-state index contributed by atoms with van der Waals surface area (Å²) in [4.78, 5) is 0. The predicted molar refractivity (Wildman–Crippen MR) is 73.1 cm³/mol. The molecule has 0 aromatic heterocycles. The zero-order valence-corrected chi connectivity index (χ0v) is 12.0. The van der Waals surface area contributed by atoms with Crippen molar-refractivity contribution in [2.75, 3.05) is 20.3 Å². The Hall–Kier alpha value is -1.06. The zero-order chi connectivity index (χ0) is 13.6. The first-order valence-corrected chi connectivity index (χ1v) is 6.31. The standard InChI is InChI=1S/C15H24O3/c1-12(16-5)17-10-11-18-14-8-6-13(7-9-14)15(2,3)4/h6-9,12H,10-11H2,1-5H3. The highest BCUT2D eigenvalue weighted by molar-refractivity contribution is 5.31. The lowest BCUT2D eigenvalue weighted by Gasteiger charge is -2.19. The number of ether oxygens (including phenoxy) is 3. The fraction of sp³-hybridized carbons (Fsp3) is 0.600. The van der Waals surface area contributed by atoms with Gasteiger partial charge >= 0.3 is 0 Å². The van der Waals surface area contributed by atoms with Crippen molar-refractivity contribution in [1.29, 1.82) is 0 Å². The number of hydrogen-bond acceptors (Lipinski definition) is 3. The molecule has 0 heterocycles. The van der Waals surface area contributed by atoms with Crippen LogP contribution in [0.5, 0.6) is 5.75 Å². The predicted octanol–water partition coefficient (Wildman–Crippen LogP) is 3.37. The third-order valence-electron chi connectivity index (χ3n) is 2.76. The van der Waals surface area contributed by atoms with Crippen molar-refractivity contribution < 1.29 is 14.2 Å². The molecule has 0 radical (unpaired) electrons. The fourth-order valence-electron chi connectivity index (χ4n) is 1.49. The quantitative estimate of drug-likeness (QED) is 0.574. The number of benzene rings is 1. The summed E-state index contributed by atoms with van der Waals surface area (Å²) in [5, 5.41) is 0. The molecular formula is C15H24O3. The number of rotatable bonds is 6. The molecule has 0 aliphatic rings. The molecule has 0 amide bonds. The molecule has 0 fully saturated rings. The normalized spacial score (nSPS) is 13.4. The van der Waals surface area contributed by atoms with Gasteiger partial charge in [-0.3, -0.25) is 0 Å². The Labute approximate surface area is 110 Å². The van der Waals surface area contributed by atoms with Crippen molar-refractivity contribution in [1.82, 2.24) is 0 Å². The molecule has 1 rings (SSSR count). The zero-order valence-electron chi connectivity index (χ0n) is 12.0. The van der Waals surface area contributed by atoms with Crippen molar-refractivity contribution >= 4 is 0 Å². The maximum Gasteiger partial charge on any atom is 0.154 e. The van der Waals surface area contributed by atoms with Gasteiger partial charge in [0.2, 0.25) is 0 Å². The molecular weight excluding hydrogens is 228 g/mol. The van der Waals surface area contributed by atoms with E-state index in [0.717, 1.165) is 5.75 Å². The second-order valence-electron chi connectivity index (χ2n) is 5.30. The van der Waals surface area contributed by atoms with Crippen LogP contribution in [0.4, 0.5) is 0 Å². The van der Waals surface area contributed by atoms with Gasteiger partial charge in [0.1, 0.15) is 12.4 Å². The van der Waals surface area contributed by atoms with Crippen LogP contribution in [-0.4, -0.2) is 26.6 Å². The van der Waals surface area contributed by atoms with Gasteiger partial charge < -0.3 is 14.2 Å². The highest BCUT2D eigenvalue weighted by Gasteiger charge is 2.12. The maximum atomic E-state index is 5.59. The first-order chi connectivity index (χ1) is 8.43. The molecule has 1 aromatic carbocycles. The van der Waals surface area contributed by atoms with E-state index in [1.54, 1.807) is 7.11 Å². The Balaban J connectivity index is 2.36. The van der Waals surface area contributed by atoms with E-state index in [0.29, 0.717) is 13.2 Å². The Kier molecular flexibility index (Phi) is 5.63. The van der Waals surface area contributed by atoms with Gasteiger partial charge in [-0.15, -0.1) is 0 Å². The average Bonchev–Trinajstić information content (AvgIpc) is 2.33. The van der Waals surface area contributed by atoms with Gasteiger partial charge in [-0.05, 0) is 30.0 Å². The van der Waals surface area contributed by atoms with Gasteiger partial charge in [0.05, 0.1) is 6.61 Å². The van der Waals surface area contributed by atoms with Crippen LogP contribution in [0.1, 0.15) is 33.3 Å². The molecule has 0 aliphatic carbocycles. The van der Waals surface area contributed by atoms with Gasteiger partial charge in [0.15, 0.2) is 6.29 Å². The van der Waals surface area contributed by atoms with Crippen molar-refractivity contribution in [3.8, 4) is 5.75 Å². The Bertz CT molecular complexity index is 338. The first-order valence-electron chi connectivity index (χ1n) is 6.31. The summed E-state index contributed by atoms with van der Waals surface area (Å²) in [5.74, 6) is 0.872.